The number of aromatic amines is 1. The Morgan fingerprint density at radius 3 is 3.00 bits per heavy atom. The second kappa shape index (κ2) is 4.44. The molecular weight excluding hydrogens is 204 g/mol. The van der Waals surface area contributed by atoms with Crippen LogP contribution in [0.3, 0.4) is 0 Å². The fourth-order valence-corrected chi connectivity index (χ4v) is 1.67. The lowest BCUT2D eigenvalue weighted by Gasteiger charge is -2.21. The summed E-state index contributed by atoms with van der Waals surface area (Å²) in [5, 5.41) is 0. The van der Waals surface area contributed by atoms with Gasteiger partial charge in [-0.15, -0.1) is 0 Å². The van der Waals surface area contributed by atoms with Gasteiger partial charge in [-0.25, -0.2) is 15.0 Å². The van der Waals surface area contributed by atoms with Gasteiger partial charge < -0.3 is 15.6 Å². The van der Waals surface area contributed by atoms with E-state index in [1.54, 1.807) is 6.33 Å². The monoisotopic (exact) mass is 220 g/mol. The zero-order valence-electron chi connectivity index (χ0n) is 9.51. The molecule has 0 spiro atoms. The molecule has 3 N–H and O–H groups in total. The highest BCUT2D eigenvalue weighted by atomic mass is 15.2. The maximum Gasteiger partial charge on any atom is 0.182 e. The molecule has 16 heavy (non-hydrogen) atoms. The van der Waals surface area contributed by atoms with Gasteiger partial charge in [0.15, 0.2) is 11.5 Å². The third kappa shape index (κ3) is 1.96. The van der Waals surface area contributed by atoms with Crippen LogP contribution in [0.4, 0.5) is 5.82 Å². The summed E-state index contributed by atoms with van der Waals surface area (Å²) in [6.07, 6.45) is 3.16. The fraction of sp³-hybridized carbons (Fsp3) is 0.500. The van der Waals surface area contributed by atoms with Crippen molar-refractivity contribution < 1.29 is 0 Å². The molecule has 0 saturated heterocycles. The molecule has 0 fully saturated rings. The first-order valence-electron chi connectivity index (χ1n) is 5.27. The largest absolute Gasteiger partial charge is 0.357 e. The number of hydrogen-bond acceptors (Lipinski definition) is 5. The highest BCUT2D eigenvalue weighted by Gasteiger charge is 2.12. The van der Waals surface area contributed by atoms with Gasteiger partial charge in [-0.05, 0) is 12.5 Å². The van der Waals surface area contributed by atoms with E-state index in [1.807, 2.05) is 7.05 Å². The summed E-state index contributed by atoms with van der Waals surface area (Å²) in [5.74, 6) is 1.29. The molecule has 86 valence electrons. The van der Waals surface area contributed by atoms with E-state index in [-0.39, 0.29) is 0 Å². The molecule has 1 unspecified atom stereocenters. The lowest BCUT2D eigenvalue weighted by molar-refractivity contribution is 0.588. The SMILES string of the molecule is CC(CN)CN(C)c1ncnc2nc[nH]c12. The van der Waals surface area contributed by atoms with Crippen LogP contribution in [-0.4, -0.2) is 40.1 Å². The molecule has 2 rings (SSSR count). The molecule has 2 heterocycles. The Hall–Kier alpha value is -1.69. The van der Waals surface area contributed by atoms with Crippen LogP contribution in [-0.2, 0) is 0 Å². The van der Waals surface area contributed by atoms with E-state index in [0.717, 1.165) is 17.9 Å². The maximum atomic E-state index is 5.61. The summed E-state index contributed by atoms with van der Waals surface area (Å²) in [5.41, 5.74) is 7.17. The van der Waals surface area contributed by atoms with Gasteiger partial charge in [0.25, 0.3) is 0 Å². The molecular formula is C10H16N6. The molecule has 1 atom stereocenters. The van der Waals surface area contributed by atoms with Crippen molar-refractivity contribution >= 4 is 17.0 Å². The van der Waals surface area contributed by atoms with E-state index >= 15 is 0 Å². The van der Waals surface area contributed by atoms with Crippen molar-refractivity contribution in [2.45, 2.75) is 6.92 Å². The van der Waals surface area contributed by atoms with Crippen LogP contribution >= 0.6 is 0 Å². The van der Waals surface area contributed by atoms with E-state index in [4.69, 9.17) is 5.73 Å². The lowest BCUT2D eigenvalue weighted by Crippen LogP contribution is -2.29. The minimum atomic E-state index is 0.429. The van der Waals surface area contributed by atoms with E-state index < -0.39 is 0 Å². The summed E-state index contributed by atoms with van der Waals surface area (Å²) in [4.78, 5) is 17.6. The number of nitrogens with two attached hydrogens (primary N) is 1. The summed E-state index contributed by atoms with van der Waals surface area (Å²) in [7, 11) is 1.99. The molecule has 6 nitrogen and oxygen atoms in total. The molecule has 0 aliphatic carbocycles. The maximum absolute atomic E-state index is 5.61. The lowest BCUT2D eigenvalue weighted by atomic mass is 10.2. The minimum absolute atomic E-state index is 0.429. The third-order valence-corrected chi connectivity index (χ3v) is 2.55. The number of nitrogens with zero attached hydrogens (tertiary/aromatic N) is 4. The number of nitrogens with one attached hydrogen (secondary N) is 1. The Labute approximate surface area is 93.9 Å². The van der Waals surface area contributed by atoms with Crippen molar-refractivity contribution in [3.8, 4) is 0 Å². The van der Waals surface area contributed by atoms with Crippen molar-refractivity contribution in [1.29, 1.82) is 0 Å². The topological polar surface area (TPSA) is 83.7 Å². The number of anilines is 1. The predicted octanol–water partition coefficient (Wildman–Crippen LogP) is 0.384. The summed E-state index contributed by atoms with van der Waals surface area (Å²) in [6, 6.07) is 0. The Morgan fingerprint density at radius 2 is 2.25 bits per heavy atom. The average Bonchev–Trinajstić information content (AvgIpc) is 2.76. The molecule has 0 radical (unpaired) electrons. The number of rotatable bonds is 4. The first kappa shape index (κ1) is 10.8. The fourth-order valence-electron chi connectivity index (χ4n) is 1.67. The molecule has 6 heteroatoms. The van der Waals surface area contributed by atoms with Gasteiger partial charge in [0.1, 0.15) is 11.8 Å². The second-order valence-corrected chi connectivity index (χ2v) is 4.02. The van der Waals surface area contributed by atoms with Crippen LogP contribution in [0.1, 0.15) is 6.92 Å². The Balaban J connectivity index is 2.28. The molecule has 0 bridgehead atoms. The van der Waals surface area contributed by atoms with Gasteiger partial charge in [-0.3, -0.25) is 0 Å². The van der Waals surface area contributed by atoms with Crippen LogP contribution in [0, 0.1) is 5.92 Å². The van der Waals surface area contributed by atoms with Crippen molar-refractivity contribution in [2.24, 2.45) is 11.7 Å². The van der Waals surface area contributed by atoms with E-state index in [2.05, 4.69) is 31.8 Å². The normalized spacial score (nSPS) is 12.9. The first-order valence-corrected chi connectivity index (χ1v) is 5.27. The quantitative estimate of drug-likeness (QED) is 0.778. The zero-order chi connectivity index (χ0) is 11.5. The van der Waals surface area contributed by atoms with Crippen LogP contribution in [0.5, 0.6) is 0 Å². The predicted molar refractivity (Wildman–Crippen MR) is 63.2 cm³/mol. The summed E-state index contributed by atoms with van der Waals surface area (Å²) in [6.45, 7) is 3.64. The Kier molecular flexibility index (Phi) is 3.00. The molecule has 0 aliphatic rings. The zero-order valence-corrected chi connectivity index (χ0v) is 9.51. The smallest absolute Gasteiger partial charge is 0.182 e. The van der Waals surface area contributed by atoms with Crippen molar-refractivity contribution in [1.82, 2.24) is 19.9 Å². The van der Waals surface area contributed by atoms with Gasteiger partial charge in [-0.2, -0.15) is 0 Å². The Bertz CT molecular complexity index is 465. The third-order valence-electron chi connectivity index (χ3n) is 2.55. The van der Waals surface area contributed by atoms with E-state index in [9.17, 15) is 0 Å². The van der Waals surface area contributed by atoms with Crippen molar-refractivity contribution in [3.05, 3.63) is 12.7 Å². The molecule has 0 amide bonds. The highest BCUT2D eigenvalue weighted by Crippen LogP contribution is 2.18. The molecule has 0 saturated carbocycles. The molecule has 2 aromatic heterocycles. The van der Waals surface area contributed by atoms with Gasteiger partial charge in [-0.1, -0.05) is 6.92 Å². The summed E-state index contributed by atoms with van der Waals surface area (Å²) < 4.78 is 0. The van der Waals surface area contributed by atoms with E-state index in [1.165, 1.54) is 6.33 Å². The number of fused-ring (bicyclic) bond motifs is 1. The second-order valence-electron chi connectivity index (χ2n) is 4.02. The van der Waals surface area contributed by atoms with Crippen molar-refractivity contribution in [2.75, 3.05) is 25.0 Å². The standard InChI is InChI=1S/C10H16N6/c1-7(3-11)4-16(2)10-8-9(13-5-12-8)14-6-15-10/h5-7H,3-4,11H2,1-2H3,(H,12,13,14,15). The van der Waals surface area contributed by atoms with Gasteiger partial charge in [0.05, 0.1) is 6.33 Å². The Morgan fingerprint density at radius 1 is 1.44 bits per heavy atom. The van der Waals surface area contributed by atoms with E-state index in [0.29, 0.717) is 18.1 Å². The van der Waals surface area contributed by atoms with Crippen LogP contribution < -0.4 is 10.6 Å². The molecule has 0 aromatic carbocycles. The molecule has 0 aliphatic heterocycles. The summed E-state index contributed by atoms with van der Waals surface area (Å²) >= 11 is 0. The number of H-pyrrole nitrogens is 1. The van der Waals surface area contributed by atoms with Crippen LogP contribution in [0.15, 0.2) is 12.7 Å². The number of hydrogen-bond donors (Lipinski definition) is 2. The van der Waals surface area contributed by atoms with Gasteiger partial charge in [0, 0.05) is 13.6 Å². The number of imidazole rings is 1. The van der Waals surface area contributed by atoms with Gasteiger partial charge >= 0.3 is 0 Å². The first-order chi connectivity index (χ1) is 7.72. The average molecular weight is 220 g/mol. The van der Waals surface area contributed by atoms with Crippen LogP contribution in [0.25, 0.3) is 11.2 Å². The van der Waals surface area contributed by atoms with Crippen molar-refractivity contribution in [3.63, 3.8) is 0 Å². The molecule has 2 aromatic rings. The minimum Gasteiger partial charge on any atom is -0.357 e. The van der Waals surface area contributed by atoms with Gasteiger partial charge in [0.2, 0.25) is 0 Å². The number of aromatic nitrogens is 4. The highest BCUT2D eigenvalue weighted by molar-refractivity contribution is 5.82. The van der Waals surface area contributed by atoms with Crippen LogP contribution in [0.2, 0.25) is 0 Å².